The van der Waals surface area contributed by atoms with E-state index in [0.29, 0.717) is 17.2 Å². The van der Waals surface area contributed by atoms with Crippen molar-refractivity contribution in [1.29, 1.82) is 0 Å². The third kappa shape index (κ3) is 3.02. The average Bonchev–Trinajstić information content (AvgIpc) is 2.66. The molecule has 0 aliphatic rings. The van der Waals surface area contributed by atoms with E-state index < -0.39 is 0 Å². The largest absolute Gasteiger partial charge is 0.493 e. The first kappa shape index (κ1) is 17.2. The highest BCUT2D eigenvalue weighted by atomic mass is 16.5. The number of hydrogen-bond acceptors (Lipinski definition) is 3. The fourth-order valence-electron chi connectivity index (χ4n) is 3.44. The maximum Gasteiger partial charge on any atom is 0.203 e. The number of hydrogen-bond donors (Lipinski definition) is 0. The number of ether oxygens (including phenoxy) is 3. The molecule has 0 fully saturated rings. The molecule has 0 N–H and O–H groups in total. The summed E-state index contributed by atoms with van der Waals surface area (Å²) < 4.78 is 16.4. The van der Waals surface area contributed by atoms with Crippen LogP contribution in [0.1, 0.15) is 29.5 Å². The Hall–Kier alpha value is -2.68. The number of fused-ring (bicyclic) bond motifs is 1. The lowest BCUT2D eigenvalue weighted by atomic mass is 9.87. The summed E-state index contributed by atoms with van der Waals surface area (Å²) in [6, 6.07) is 16.9. The van der Waals surface area contributed by atoms with Gasteiger partial charge in [-0.2, -0.15) is 0 Å². The second kappa shape index (κ2) is 7.06. The van der Waals surface area contributed by atoms with Crippen LogP contribution >= 0.6 is 0 Å². The maximum atomic E-state index is 5.50. The van der Waals surface area contributed by atoms with Gasteiger partial charge < -0.3 is 14.2 Å². The fourth-order valence-corrected chi connectivity index (χ4v) is 3.44. The molecule has 0 aliphatic carbocycles. The molecule has 25 heavy (non-hydrogen) atoms. The van der Waals surface area contributed by atoms with Crippen molar-refractivity contribution < 1.29 is 14.2 Å². The quantitative estimate of drug-likeness (QED) is 0.630. The fraction of sp³-hybridized carbons (Fsp3) is 0.273. The molecule has 3 heteroatoms. The highest BCUT2D eigenvalue weighted by Crippen LogP contribution is 2.42. The van der Waals surface area contributed by atoms with Gasteiger partial charge in [0.05, 0.1) is 21.3 Å². The normalized spacial score (nSPS) is 12.0. The lowest BCUT2D eigenvalue weighted by Crippen LogP contribution is -2.02. The van der Waals surface area contributed by atoms with E-state index in [1.165, 1.54) is 21.9 Å². The van der Waals surface area contributed by atoms with Crippen LogP contribution in [0.5, 0.6) is 17.2 Å². The van der Waals surface area contributed by atoms with Gasteiger partial charge in [0.15, 0.2) is 11.5 Å². The van der Waals surface area contributed by atoms with E-state index in [4.69, 9.17) is 14.2 Å². The van der Waals surface area contributed by atoms with Crippen molar-refractivity contribution in [3.05, 3.63) is 65.2 Å². The first-order chi connectivity index (χ1) is 12.1. The van der Waals surface area contributed by atoms with Gasteiger partial charge in [-0.15, -0.1) is 0 Å². The Labute approximate surface area is 149 Å². The molecule has 0 aromatic heterocycles. The number of methoxy groups -OCH3 is 3. The zero-order chi connectivity index (χ0) is 18.0. The Balaban J connectivity index is 2.12. The molecule has 3 aromatic rings. The van der Waals surface area contributed by atoms with E-state index in [2.05, 4.69) is 50.2 Å². The highest BCUT2D eigenvalue weighted by Gasteiger charge is 2.19. The van der Waals surface area contributed by atoms with E-state index in [-0.39, 0.29) is 5.92 Å². The first-order valence-corrected chi connectivity index (χ1v) is 8.38. The monoisotopic (exact) mass is 336 g/mol. The summed E-state index contributed by atoms with van der Waals surface area (Å²) in [5, 5.41) is 2.56. The van der Waals surface area contributed by atoms with Crippen molar-refractivity contribution in [2.75, 3.05) is 21.3 Å². The third-order valence-electron chi connectivity index (χ3n) is 4.89. The molecule has 0 heterocycles. The molecular formula is C22H24O3. The molecule has 0 saturated heterocycles. The van der Waals surface area contributed by atoms with Crippen molar-refractivity contribution >= 4 is 10.8 Å². The van der Waals surface area contributed by atoms with Crippen molar-refractivity contribution in [3.63, 3.8) is 0 Å². The van der Waals surface area contributed by atoms with Crippen LogP contribution in [0.15, 0.2) is 48.5 Å². The molecule has 1 atom stereocenters. The summed E-state index contributed by atoms with van der Waals surface area (Å²) in [6.07, 6.45) is 0. The molecule has 130 valence electrons. The summed E-state index contributed by atoms with van der Waals surface area (Å²) >= 11 is 0. The zero-order valence-electron chi connectivity index (χ0n) is 15.4. The molecular weight excluding hydrogens is 312 g/mol. The van der Waals surface area contributed by atoms with Crippen molar-refractivity contribution in [1.82, 2.24) is 0 Å². The lowest BCUT2D eigenvalue weighted by molar-refractivity contribution is 0.323. The van der Waals surface area contributed by atoms with Crippen LogP contribution in [0.25, 0.3) is 10.8 Å². The van der Waals surface area contributed by atoms with E-state index in [0.717, 1.165) is 5.56 Å². The lowest BCUT2D eigenvalue weighted by Gasteiger charge is -2.20. The van der Waals surface area contributed by atoms with Crippen LogP contribution < -0.4 is 14.2 Å². The van der Waals surface area contributed by atoms with Gasteiger partial charge in [-0.1, -0.05) is 43.3 Å². The van der Waals surface area contributed by atoms with Gasteiger partial charge in [0.25, 0.3) is 0 Å². The average molecular weight is 336 g/mol. The molecule has 0 saturated carbocycles. The molecule has 3 aromatic carbocycles. The van der Waals surface area contributed by atoms with Gasteiger partial charge in [0.2, 0.25) is 5.75 Å². The Morgan fingerprint density at radius 3 is 2.04 bits per heavy atom. The minimum Gasteiger partial charge on any atom is -0.493 e. The van der Waals surface area contributed by atoms with E-state index in [9.17, 15) is 0 Å². The van der Waals surface area contributed by atoms with Gasteiger partial charge in [0, 0.05) is 5.92 Å². The third-order valence-corrected chi connectivity index (χ3v) is 4.89. The Bertz CT molecular complexity index is 874. The molecule has 0 bridgehead atoms. The molecule has 3 nitrogen and oxygen atoms in total. The molecule has 0 spiro atoms. The molecule has 0 amide bonds. The first-order valence-electron chi connectivity index (χ1n) is 8.38. The van der Waals surface area contributed by atoms with Crippen LogP contribution in [0, 0.1) is 6.92 Å². The maximum absolute atomic E-state index is 5.50. The van der Waals surface area contributed by atoms with Gasteiger partial charge >= 0.3 is 0 Å². The molecule has 0 aliphatic heterocycles. The van der Waals surface area contributed by atoms with Gasteiger partial charge in [-0.3, -0.25) is 0 Å². The molecule has 3 rings (SSSR count). The van der Waals surface area contributed by atoms with E-state index >= 15 is 0 Å². The minimum absolute atomic E-state index is 0.207. The summed E-state index contributed by atoms with van der Waals surface area (Å²) in [4.78, 5) is 0. The highest BCUT2D eigenvalue weighted by molar-refractivity contribution is 5.86. The van der Waals surface area contributed by atoms with E-state index in [1.54, 1.807) is 21.3 Å². The van der Waals surface area contributed by atoms with Crippen molar-refractivity contribution in [3.8, 4) is 17.2 Å². The van der Waals surface area contributed by atoms with Gasteiger partial charge in [-0.05, 0) is 46.5 Å². The number of benzene rings is 3. The van der Waals surface area contributed by atoms with Crippen LogP contribution in [0.4, 0.5) is 0 Å². The van der Waals surface area contributed by atoms with Crippen LogP contribution in [0.3, 0.4) is 0 Å². The summed E-state index contributed by atoms with van der Waals surface area (Å²) in [7, 11) is 4.91. The summed E-state index contributed by atoms with van der Waals surface area (Å²) in [5.74, 6) is 2.19. The standard InChI is InChI=1S/C22H24O3/c1-14(17-12-20(23-3)22(25-5)21(13-17)24-4)18-11-10-16-8-6-7-9-19(16)15(18)2/h6-14H,1-5H3. The summed E-state index contributed by atoms with van der Waals surface area (Å²) in [5.41, 5.74) is 3.74. The van der Waals surface area contributed by atoms with Gasteiger partial charge in [0.1, 0.15) is 0 Å². The molecule has 1 unspecified atom stereocenters. The minimum atomic E-state index is 0.207. The van der Waals surface area contributed by atoms with Crippen LogP contribution in [-0.2, 0) is 0 Å². The topological polar surface area (TPSA) is 27.7 Å². The van der Waals surface area contributed by atoms with Crippen molar-refractivity contribution in [2.24, 2.45) is 0 Å². The second-order valence-electron chi connectivity index (χ2n) is 6.18. The smallest absolute Gasteiger partial charge is 0.203 e. The predicted molar refractivity (Wildman–Crippen MR) is 102 cm³/mol. The van der Waals surface area contributed by atoms with E-state index in [1.807, 2.05) is 12.1 Å². The Kier molecular flexibility index (Phi) is 4.84. The number of rotatable bonds is 5. The zero-order valence-corrected chi connectivity index (χ0v) is 15.4. The second-order valence-corrected chi connectivity index (χ2v) is 6.18. The molecule has 0 radical (unpaired) electrons. The van der Waals surface area contributed by atoms with Crippen LogP contribution in [0.2, 0.25) is 0 Å². The van der Waals surface area contributed by atoms with Crippen molar-refractivity contribution in [2.45, 2.75) is 19.8 Å². The Morgan fingerprint density at radius 1 is 0.800 bits per heavy atom. The SMILES string of the molecule is COc1cc(C(C)c2ccc3ccccc3c2C)cc(OC)c1OC. The summed E-state index contributed by atoms with van der Waals surface area (Å²) in [6.45, 7) is 4.39. The van der Waals surface area contributed by atoms with Gasteiger partial charge in [-0.25, -0.2) is 0 Å². The van der Waals surface area contributed by atoms with Crippen LogP contribution in [-0.4, -0.2) is 21.3 Å². The predicted octanol–water partition coefficient (Wildman–Crippen LogP) is 5.33. The Morgan fingerprint density at radius 2 is 1.44 bits per heavy atom. The number of aryl methyl sites for hydroxylation is 1.